The van der Waals surface area contributed by atoms with Crippen molar-refractivity contribution in [3.63, 3.8) is 0 Å². The summed E-state index contributed by atoms with van der Waals surface area (Å²) in [6.45, 7) is 2.90. The van der Waals surface area contributed by atoms with E-state index in [0.717, 1.165) is 17.7 Å². The Bertz CT molecular complexity index is 842. The van der Waals surface area contributed by atoms with Crippen LogP contribution in [0.3, 0.4) is 0 Å². The number of nitrogens with zero attached hydrogens (tertiary/aromatic N) is 1. The van der Waals surface area contributed by atoms with Crippen LogP contribution in [0.5, 0.6) is 11.5 Å². The van der Waals surface area contributed by atoms with Crippen molar-refractivity contribution in [1.29, 1.82) is 0 Å². The van der Waals surface area contributed by atoms with Crippen LogP contribution in [0.1, 0.15) is 23.7 Å². The molecule has 0 amide bonds. The predicted molar refractivity (Wildman–Crippen MR) is 114 cm³/mol. The van der Waals surface area contributed by atoms with Gasteiger partial charge in [-0.3, -0.25) is 9.69 Å². The smallest absolute Gasteiger partial charge is 0.222 e. The maximum Gasteiger partial charge on any atom is 0.222 e. The van der Waals surface area contributed by atoms with Crippen molar-refractivity contribution in [2.24, 2.45) is 0 Å². The fourth-order valence-electron chi connectivity index (χ4n) is 3.18. The summed E-state index contributed by atoms with van der Waals surface area (Å²) in [5.74, 6) is 1.19. The van der Waals surface area contributed by atoms with E-state index < -0.39 is 0 Å². The molecule has 29 heavy (non-hydrogen) atoms. The predicted octanol–water partition coefficient (Wildman–Crippen LogP) is 5.11. The fraction of sp³-hybridized carbons (Fsp3) is 0.381. The van der Waals surface area contributed by atoms with Gasteiger partial charge in [0.05, 0.1) is 19.8 Å². The van der Waals surface area contributed by atoms with E-state index in [9.17, 15) is 4.79 Å². The lowest BCUT2D eigenvalue weighted by molar-refractivity contribution is -0.112. The van der Waals surface area contributed by atoms with E-state index in [1.807, 2.05) is 18.2 Å². The third-order valence-corrected chi connectivity index (χ3v) is 5.67. The summed E-state index contributed by atoms with van der Waals surface area (Å²) in [6, 6.07) is 11.0. The maximum absolute atomic E-state index is 11.0. The van der Waals surface area contributed by atoms with Gasteiger partial charge >= 0.3 is 0 Å². The molecule has 0 radical (unpaired) electrons. The van der Waals surface area contributed by atoms with Gasteiger partial charge in [-0.25, -0.2) is 0 Å². The standard InChI is InChI=1S/C21H22Cl3NO4/c1-27-19-11-14(20-12-25(9-10-28-20)8-7-21(24)26)5-6-18(19)29-13-15-16(22)3-2-4-17(15)23/h2-6,11,20H,7-10,12-13H2,1H3. The Balaban J connectivity index is 1.69. The molecule has 1 unspecified atom stereocenters. The molecule has 0 saturated carbocycles. The van der Waals surface area contributed by atoms with Crippen molar-refractivity contribution in [2.75, 3.05) is 33.4 Å². The Morgan fingerprint density at radius 3 is 2.66 bits per heavy atom. The zero-order valence-corrected chi connectivity index (χ0v) is 18.3. The molecule has 2 aromatic carbocycles. The monoisotopic (exact) mass is 457 g/mol. The van der Waals surface area contributed by atoms with Gasteiger partial charge < -0.3 is 14.2 Å². The Morgan fingerprint density at radius 1 is 1.21 bits per heavy atom. The van der Waals surface area contributed by atoms with Gasteiger partial charge in [0.15, 0.2) is 11.5 Å². The molecule has 2 aromatic rings. The van der Waals surface area contributed by atoms with Crippen LogP contribution in [-0.2, 0) is 16.1 Å². The minimum Gasteiger partial charge on any atom is -0.493 e. The number of morpholine rings is 1. The molecular formula is C21H22Cl3NO4. The molecule has 1 heterocycles. The number of hydrogen-bond donors (Lipinski definition) is 0. The quantitative estimate of drug-likeness (QED) is 0.515. The number of benzene rings is 2. The van der Waals surface area contributed by atoms with Gasteiger partial charge in [0.2, 0.25) is 5.24 Å². The third-order valence-electron chi connectivity index (χ3n) is 4.77. The molecule has 3 rings (SSSR count). The number of carbonyl (C=O) groups excluding carboxylic acids is 1. The minimum absolute atomic E-state index is 0.116. The number of carbonyl (C=O) groups is 1. The number of methoxy groups -OCH3 is 1. The Labute approximate surface area is 185 Å². The van der Waals surface area contributed by atoms with Gasteiger partial charge in [0.25, 0.3) is 0 Å². The second kappa shape index (κ2) is 10.5. The first-order chi connectivity index (χ1) is 14.0. The Morgan fingerprint density at radius 2 is 1.97 bits per heavy atom. The molecular weight excluding hydrogens is 437 g/mol. The largest absolute Gasteiger partial charge is 0.493 e. The van der Waals surface area contributed by atoms with E-state index in [-0.39, 0.29) is 18.0 Å². The van der Waals surface area contributed by atoms with Crippen LogP contribution < -0.4 is 9.47 Å². The second-order valence-corrected chi connectivity index (χ2v) is 7.90. The highest BCUT2D eigenvalue weighted by Gasteiger charge is 2.23. The molecule has 0 aliphatic carbocycles. The lowest BCUT2D eigenvalue weighted by atomic mass is 10.1. The van der Waals surface area contributed by atoms with Crippen LogP contribution in [0, 0.1) is 0 Å². The number of hydrogen-bond acceptors (Lipinski definition) is 5. The summed E-state index contributed by atoms with van der Waals surface area (Å²) in [5, 5.41) is 0.785. The summed E-state index contributed by atoms with van der Waals surface area (Å²) in [4.78, 5) is 13.2. The van der Waals surface area contributed by atoms with Crippen molar-refractivity contribution in [3.8, 4) is 11.5 Å². The van der Waals surface area contributed by atoms with Crippen LogP contribution in [0.4, 0.5) is 0 Å². The average molecular weight is 459 g/mol. The lowest BCUT2D eigenvalue weighted by Crippen LogP contribution is -2.39. The third kappa shape index (κ3) is 6.00. The first-order valence-electron chi connectivity index (χ1n) is 9.24. The molecule has 0 N–H and O–H groups in total. The van der Waals surface area contributed by atoms with Gasteiger partial charge in [0.1, 0.15) is 6.61 Å². The van der Waals surface area contributed by atoms with E-state index in [1.165, 1.54) is 0 Å². The zero-order chi connectivity index (χ0) is 20.8. The van der Waals surface area contributed by atoms with Gasteiger partial charge in [-0.05, 0) is 41.4 Å². The molecule has 1 aliphatic rings. The van der Waals surface area contributed by atoms with Gasteiger partial charge in [-0.2, -0.15) is 0 Å². The van der Waals surface area contributed by atoms with Crippen LogP contribution in [-0.4, -0.2) is 43.5 Å². The Kier molecular flexibility index (Phi) is 8.04. The van der Waals surface area contributed by atoms with Crippen LogP contribution >= 0.6 is 34.8 Å². The fourth-order valence-corrected chi connectivity index (χ4v) is 3.77. The molecule has 1 aliphatic heterocycles. The van der Waals surface area contributed by atoms with Crippen molar-refractivity contribution >= 4 is 40.0 Å². The summed E-state index contributed by atoms with van der Waals surface area (Å²) in [6.07, 6.45) is 0.213. The van der Waals surface area contributed by atoms with E-state index in [2.05, 4.69) is 4.90 Å². The highest BCUT2D eigenvalue weighted by molar-refractivity contribution is 6.63. The molecule has 0 bridgehead atoms. The van der Waals surface area contributed by atoms with Gasteiger partial charge in [0, 0.05) is 41.7 Å². The lowest BCUT2D eigenvalue weighted by Gasteiger charge is -2.33. The first-order valence-corrected chi connectivity index (χ1v) is 10.4. The highest BCUT2D eigenvalue weighted by Crippen LogP contribution is 2.34. The molecule has 8 heteroatoms. The number of rotatable bonds is 8. The average Bonchev–Trinajstić information content (AvgIpc) is 2.72. The summed E-state index contributed by atoms with van der Waals surface area (Å²) in [5.41, 5.74) is 1.70. The molecule has 1 saturated heterocycles. The van der Waals surface area contributed by atoms with Gasteiger partial charge in [-0.15, -0.1) is 0 Å². The topological polar surface area (TPSA) is 48.0 Å². The van der Waals surface area contributed by atoms with Crippen molar-refractivity contribution in [2.45, 2.75) is 19.1 Å². The zero-order valence-electron chi connectivity index (χ0n) is 16.0. The highest BCUT2D eigenvalue weighted by atomic mass is 35.5. The van der Waals surface area contributed by atoms with E-state index in [4.69, 9.17) is 49.0 Å². The number of halogens is 3. The van der Waals surface area contributed by atoms with E-state index >= 15 is 0 Å². The molecule has 156 valence electrons. The van der Waals surface area contributed by atoms with E-state index in [0.29, 0.717) is 47.7 Å². The molecule has 1 atom stereocenters. The number of ether oxygens (including phenoxy) is 3. The van der Waals surface area contributed by atoms with Crippen LogP contribution in [0.25, 0.3) is 0 Å². The van der Waals surface area contributed by atoms with Crippen molar-refractivity contribution in [3.05, 3.63) is 57.6 Å². The van der Waals surface area contributed by atoms with Crippen LogP contribution in [0.15, 0.2) is 36.4 Å². The van der Waals surface area contributed by atoms with E-state index in [1.54, 1.807) is 25.3 Å². The summed E-state index contributed by atoms with van der Waals surface area (Å²) >= 11 is 17.9. The van der Waals surface area contributed by atoms with Crippen molar-refractivity contribution < 1.29 is 19.0 Å². The van der Waals surface area contributed by atoms with Crippen LogP contribution in [0.2, 0.25) is 10.0 Å². The summed E-state index contributed by atoms with van der Waals surface area (Å²) < 4.78 is 17.3. The summed E-state index contributed by atoms with van der Waals surface area (Å²) in [7, 11) is 1.59. The molecule has 1 fully saturated rings. The molecule has 5 nitrogen and oxygen atoms in total. The second-order valence-electron chi connectivity index (χ2n) is 6.66. The van der Waals surface area contributed by atoms with Gasteiger partial charge in [-0.1, -0.05) is 35.3 Å². The first kappa shape index (κ1) is 22.2. The van der Waals surface area contributed by atoms with Crippen molar-refractivity contribution in [1.82, 2.24) is 4.90 Å². The SMILES string of the molecule is COc1cc(C2CN(CCC(=O)Cl)CCO2)ccc1OCc1c(Cl)cccc1Cl. The maximum atomic E-state index is 11.0. The Hall–Kier alpha value is -1.50. The minimum atomic E-state index is -0.324. The molecule has 0 aromatic heterocycles. The normalized spacial score (nSPS) is 17.2. The molecule has 0 spiro atoms.